The van der Waals surface area contributed by atoms with Gasteiger partial charge in [-0.1, -0.05) is 70.4 Å². The number of unbranched alkanes of at least 4 members (excludes halogenated alkanes) is 11. The molecule has 0 saturated carbocycles. The minimum atomic E-state index is -4.68. The molecule has 0 aromatic carbocycles. The maximum Gasteiger partial charge on any atom is 1.00 e. The molecule has 0 radical (unpaired) electrons. The molecule has 1 fully saturated rings. The van der Waals surface area contributed by atoms with Crippen molar-refractivity contribution >= 4 is 7.82 Å². The van der Waals surface area contributed by atoms with E-state index >= 15 is 0 Å². The zero-order valence-electron chi connectivity index (χ0n) is 18.6. The van der Waals surface area contributed by atoms with E-state index in [1.54, 1.807) is 0 Å². The van der Waals surface area contributed by atoms with Crippen LogP contribution in [0.1, 0.15) is 96.8 Å². The van der Waals surface area contributed by atoms with Crippen LogP contribution < -0.4 is 56.3 Å². The fourth-order valence-electron chi connectivity index (χ4n) is 3.31. The minimum absolute atomic E-state index is 0. The molecular formula is C21H40KO6P. The summed E-state index contributed by atoms with van der Waals surface area (Å²) in [6.07, 6.45) is 21.2. The normalized spacial score (nSPS) is 21.3. The molecule has 1 heterocycles. The molecule has 29 heavy (non-hydrogen) atoms. The predicted molar refractivity (Wildman–Crippen MR) is 110 cm³/mol. The van der Waals surface area contributed by atoms with E-state index in [4.69, 9.17) is 14.4 Å². The Morgan fingerprint density at radius 1 is 1.00 bits per heavy atom. The van der Waals surface area contributed by atoms with Gasteiger partial charge in [-0.15, -0.1) is 0 Å². The molecule has 1 rings (SSSR count). The summed E-state index contributed by atoms with van der Waals surface area (Å²) in [6, 6.07) is 0. The number of allylic oxidation sites excluding steroid dienone is 2. The third-order valence-electron chi connectivity index (χ3n) is 4.94. The Bertz CT molecular complexity index is 443. The average molecular weight is 459 g/mol. The zero-order chi connectivity index (χ0) is 20.5. The molecule has 1 aliphatic rings. The van der Waals surface area contributed by atoms with Crippen LogP contribution in [0, 0.1) is 0 Å². The van der Waals surface area contributed by atoms with Crippen molar-refractivity contribution in [2.24, 2.45) is 0 Å². The number of ether oxygens (including phenoxy) is 2. The van der Waals surface area contributed by atoms with Gasteiger partial charge in [-0.25, -0.2) is 0 Å². The summed E-state index contributed by atoms with van der Waals surface area (Å²) in [5.41, 5.74) is 0. The molecule has 1 N–H and O–H groups in total. The van der Waals surface area contributed by atoms with Gasteiger partial charge in [0.25, 0.3) is 7.82 Å². The summed E-state index contributed by atoms with van der Waals surface area (Å²) in [6.45, 7) is 2.36. The van der Waals surface area contributed by atoms with Crippen molar-refractivity contribution in [1.82, 2.24) is 0 Å². The van der Waals surface area contributed by atoms with Gasteiger partial charge in [0.2, 0.25) is 0 Å². The Hall–Kier alpha value is 1.41. The molecule has 0 amide bonds. The van der Waals surface area contributed by atoms with Crippen LogP contribution in [0.4, 0.5) is 0 Å². The molecule has 1 unspecified atom stereocenters. The van der Waals surface area contributed by atoms with E-state index in [-0.39, 0.29) is 64.3 Å². The molecule has 3 atom stereocenters. The van der Waals surface area contributed by atoms with E-state index in [1.807, 2.05) is 0 Å². The first-order valence-electron chi connectivity index (χ1n) is 11.1. The van der Waals surface area contributed by atoms with Crippen LogP contribution in [0.25, 0.3) is 0 Å². The molecule has 0 spiro atoms. The third kappa shape index (κ3) is 19.8. The van der Waals surface area contributed by atoms with E-state index in [0.717, 1.165) is 19.3 Å². The van der Waals surface area contributed by atoms with Gasteiger partial charge in [0.05, 0.1) is 13.2 Å². The second-order valence-corrected chi connectivity index (χ2v) is 8.85. The topological polar surface area (TPSA) is 88.1 Å². The fraction of sp³-hybridized carbons (Fsp3) is 0.905. The maximum atomic E-state index is 10.6. The Morgan fingerprint density at radius 3 is 2.14 bits per heavy atom. The Morgan fingerprint density at radius 2 is 1.55 bits per heavy atom. The summed E-state index contributed by atoms with van der Waals surface area (Å²) < 4.78 is 25.9. The first-order chi connectivity index (χ1) is 13.5. The zero-order valence-corrected chi connectivity index (χ0v) is 22.6. The van der Waals surface area contributed by atoms with E-state index in [1.165, 1.54) is 70.6 Å². The Balaban J connectivity index is 0.00000784. The van der Waals surface area contributed by atoms with Crippen molar-refractivity contribution in [3.05, 3.63) is 12.2 Å². The van der Waals surface area contributed by atoms with Crippen molar-refractivity contribution in [2.75, 3.05) is 13.2 Å². The standard InChI is InChI=1S/C21H41O6P.K/c1-2-3-4-5-6-7-8-9-10-11-12-13-14-15-16-17-21-25-18-20(27-21)19-26-28(22,23)24;/h8-9,20-21H,2-7,10-19H2,1H3,(H2,22,23,24);/q;+1/p-1/b9-8+;/t20-,21-;/m1./s1. The minimum Gasteiger partial charge on any atom is -0.756 e. The fourth-order valence-corrected chi connectivity index (χ4v) is 3.66. The van der Waals surface area contributed by atoms with Crippen LogP contribution in [-0.2, 0) is 18.6 Å². The van der Waals surface area contributed by atoms with Crippen molar-refractivity contribution in [1.29, 1.82) is 0 Å². The molecule has 0 bridgehead atoms. The number of phosphoric ester groups is 1. The smallest absolute Gasteiger partial charge is 0.756 e. The van der Waals surface area contributed by atoms with Crippen LogP contribution >= 0.6 is 7.82 Å². The van der Waals surface area contributed by atoms with E-state index in [2.05, 4.69) is 23.6 Å². The van der Waals surface area contributed by atoms with Gasteiger partial charge in [-0.3, -0.25) is 4.57 Å². The summed E-state index contributed by atoms with van der Waals surface area (Å²) in [7, 11) is -4.68. The van der Waals surface area contributed by atoms with Crippen LogP contribution in [0.2, 0.25) is 0 Å². The SMILES string of the molecule is CCCCCCC/C=C/CCCCCCCC[C@@H]1OC[C@H](COP(=O)([O-])O)O1.[K+]. The molecule has 0 aromatic heterocycles. The monoisotopic (exact) mass is 458 g/mol. The van der Waals surface area contributed by atoms with E-state index in [0.29, 0.717) is 6.61 Å². The van der Waals surface area contributed by atoms with Gasteiger partial charge in [0, 0.05) is 0 Å². The van der Waals surface area contributed by atoms with Gasteiger partial charge < -0.3 is 23.8 Å². The molecule has 1 saturated heterocycles. The second-order valence-electron chi connectivity index (χ2n) is 7.66. The summed E-state index contributed by atoms with van der Waals surface area (Å²) in [5, 5.41) is 0. The Labute approximate surface area is 220 Å². The molecule has 8 heteroatoms. The predicted octanol–water partition coefficient (Wildman–Crippen LogP) is 2.25. The first kappa shape index (κ1) is 30.4. The van der Waals surface area contributed by atoms with Gasteiger partial charge in [-0.2, -0.15) is 0 Å². The van der Waals surface area contributed by atoms with Gasteiger partial charge in [0.1, 0.15) is 6.10 Å². The van der Waals surface area contributed by atoms with Crippen LogP contribution in [0.15, 0.2) is 12.2 Å². The van der Waals surface area contributed by atoms with Gasteiger partial charge in [0.15, 0.2) is 6.29 Å². The molecule has 1 aliphatic heterocycles. The Kier molecular flexibility index (Phi) is 21.0. The molecule has 0 aromatic rings. The summed E-state index contributed by atoms with van der Waals surface area (Å²) in [4.78, 5) is 19.1. The molecular weight excluding hydrogens is 418 g/mol. The number of rotatable bonds is 18. The number of hydrogen-bond donors (Lipinski definition) is 1. The summed E-state index contributed by atoms with van der Waals surface area (Å²) in [5.74, 6) is 0. The van der Waals surface area contributed by atoms with Crippen LogP contribution in [0.5, 0.6) is 0 Å². The number of hydrogen-bond acceptors (Lipinski definition) is 5. The van der Waals surface area contributed by atoms with E-state index < -0.39 is 13.9 Å². The second kappa shape index (κ2) is 20.0. The molecule has 0 aliphatic carbocycles. The van der Waals surface area contributed by atoms with Crippen molar-refractivity contribution < 1.29 is 79.7 Å². The number of phosphoric acid groups is 1. The van der Waals surface area contributed by atoms with Crippen molar-refractivity contribution in [3.63, 3.8) is 0 Å². The van der Waals surface area contributed by atoms with Crippen molar-refractivity contribution in [2.45, 2.75) is 109 Å². The average Bonchev–Trinajstić information content (AvgIpc) is 3.10. The van der Waals surface area contributed by atoms with Crippen molar-refractivity contribution in [3.8, 4) is 0 Å². The quantitative estimate of drug-likeness (QED) is 0.147. The van der Waals surface area contributed by atoms with Gasteiger partial charge in [-0.05, 0) is 38.5 Å². The van der Waals surface area contributed by atoms with Gasteiger partial charge >= 0.3 is 51.4 Å². The van der Waals surface area contributed by atoms with E-state index in [9.17, 15) is 9.46 Å². The molecule has 6 nitrogen and oxygen atoms in total. The third-order valence-corrected chi connectivity index (χ3v) is 5.41. The first-order valence-corrected chi connectivity index (χ1v) is 12.6. The maximum absolute atomic E-state index is 10.6. The summed E-state index contributed by atoms with van der Waals surface area (Å²) >= 11 is 0. The van der Waals surface area contributed by atoms with Crippen LogP contribution in [0.3, 0.4) is 0 Å². The van der Waals surface area contributed by atoms with Crippen LogP contribution in [-0.4, -0.2) is 30.5 Å². The largest absolute Gasteiger partial charge is 1.00 e. The molecule has 166 valence electrons.